The van der Waals surface area contributed by atoms with Crippen molar-refractivity contribution in [2.45, 2.75) is 19.0 Å². The van der Waals surface area contributed by atoms with Gasteiger partial charge in [0.25, 0.3) is 5.69 Å². The molecule has 1 aliphatic rings. The van der Waals surface area contributed by atoms with Crippen molar-refractivity contribution in [1.29, 1.82) is 0 Å². The topological polar surface area (TPSA) is 71.6 Å². The van der Waals surface area contributed by atoms with Gasteiger partial charge in [0, 0.05) is 24.1 Å². The van der Waals surface area contributed by atoms with E-state index >= 15 is 0 Å². The van der Waals surface area contributed by atoms with Gasteiger partial charge in [-0.2, -0.15) is 0 Å². The highest BCUT2D eigenvalue weighted by Crippen LogP contribution is 2.26. The first-order chi connectivity index (χ1) is 12.5. The third-order valence-electron chi connectivity index (χ3n) is 4.42. The van der Waals surface area contributed by atoms with E-state index < -0.39 is 4.92 Å². The molecule has 6 nitrogen and oxygen atoms in total. The van der Waals surface area contributed by atoms with Crippen molar-refractivity contribution in [3.8, 4) is 0 Å². The highest BCUT2D eigenvalue weighted by Gasteiger charge is 2.26. The molecule has 2 aromatic rings. The van der Waals surface area contributed by atoms with Crippen molar-refractivity contribution in [2.75, 3.05) is 18.4 Å². The van der Waals surface area contributed by atoms with Crippen LogP contribution in [-0.2, 0) is 6.54 Å². The van der Waals surface area contributed by atoms with Gasteiger partial charge in [-0.05, 0) is 18.3 Å². The monoisotopic (exact) mass is 391 g/mol. The van der Waals surface area contributed by atoms with Crippen molar-refractivity contribution >= 4 is 40.3 Å². The van der Waals surface area contributed by atoms with Crippen LogP contribution in [0, 0.1) is 10.1 Å². The van der Waals surface area contributed by atoms with Gasteiger partial charge in [-0.25, -0.2) is 0 Å². The molecule has 26 heavy (non-hydrogen) atoms. The smallest absolute Gasteiger partial charge is 0.271 e. The number of nitro groups is 1. The molecule has 0 radical (unpaired) electrons. The predicted molar refractivity (Wildman–Crippen MR) is 107 cm³/mol. The number of nitrogens with zero attached hydrogens (tertiary/aromatic N) is 1. The molecule has 2 atom stereocenters. The second-order valence-corrected chi connectivity index (χ2v) is 7.19. The summed E-state index contributed by atoms with van der Waals surface area (Å²) >= 11 is 11.4. The van der Waals surface area contributed by atoms with Gasteiger partial charge in [-0.15, -0.1) is 0 Å². The molecule has 1 saturated heterocycles. The van der Waals surface area contributed by atoms with Crippen LogP contribution in [0.2, 0.25) is 5.02 Å². The van der Waals surface area contributed by atoms with Gasteiger partial charge in [-0.3, -0.25) is 10.1 Å². The number of nitro benzene ring substituents is 1. The fraction of sp³-hybridized carbons (Fsp3) is 0.278. The number of benzene rings is 2. The average molecular weight is 392 g/mol. The van der Waals surface area contributed by atoms with Crippen molar-refractivity contribution in [3.05, 3.63) is 69.2 Å². The van der Waals surface area contributed by atoms with Crippen LogP contribution in [0.3, 0.4) is 0 Å². The number of anilines is 1. The minimum Gasteiger partial charge on any atom is -0.354 e. The summed E-state index contributed by atoms with van der Waals surface area (Å²) in [5, 5.41) is 18.0. The Bertz CT molecular complexity index is 803. The van der Waals surface area contributed by atoms with Crippen molar-refractivity contribution < 1.29 is 9.82 Å². The highest BCUT2D eigenvalue weighted by molar-refractivity contribution is 7.80. The largest absolute Gasteiger partial charge is 0.354 e. The Morgan fingerprint density at radius 3 is 2.81 bits per heavy atom. The molecule has 0 saturated carbocycles. The zero-order valence-electron chi connectivity index (χ0n) is 14.1. The van der Waals surface area contributed by atoms with Gasteiger partial charge in [-0.1, -0.05) is 41.9 Å². The Labute approximate surface area is 162 Å². The summed E-state index contributed by atoms with van der Waals surface area (Å²) in [6.45, 7) is 3.04. The summed E-state index contributed by atoms with van der Waals surface area (Å²) in [5.41, 5.74) is 1.73. The van der Waals surface area contributed by atoms with E-state index in [1.807, 2.05) is 6.07 Å². The van der Waals surface area contributed by atoms with Gasteiger partial charge in [0.2, 0.25) is 0 Å². The van der Waals surface area contributed by atoms with Crippen LogP contribution in [0.4, 0.5) is 11.4 Å². The summed E-state index contributed by atoms with van der Waals surface area (Å²) in [6.07, 6.45) is 1.02. The number of hydrogen-bond acceptors (Lipinski definition) is 3. The molecule has 0 spiro atoms. The standard InChI is InChI=1S/C18H19ClN4O2S/c19-16-7-6-15(23(24)25)10-17(16)21-18(26)20-14-8-9-22(12-14)11-13-4-2-1-3-5-13/h1-7,10,14H,8-9,11-12H2,(H2,20,21,26)/p+1/t14-/m1/s1. The van der Waals surface area contributed by atoms with Crippen LogP contribution in [0.15, 0.2) is 48.5 Å². The first-order valence-electron chi connectivity index (χ1n) is 8.40. The molecule has 0 amide bonds. The predicted octanol–water partition coefficient (Wildman–Crippen LogP) is 2.39. The first kappa shape index (κ1) is 18.6. The van der Waals surface area contributed by atoms with E-state index in [4.69, 9.17) is 23.8 Å². The maximum atomic E-state index is 10.9. The molecular weight excluding hydrogens is 372 g/mol. The zero-order valence-corrected chi connectivity index (χ0v) is 15.6. The number of non-ortho nitro benzene ring substituents is 1. The number of hydrogen-bond donors (Lipinski definition) is 3. The minimum atomic E-state index is -0.459. The van der Waals surface area contributed by atoms with Crippen LogP contribution in [0.1, 0.15) is 12.0 Å². The number of halogens is 1. The molecule has 0 bridgehead atoms. The maximum Gasteiger partial charge on any atom is 0.271 e. The lowest BCUT2D eigenvalue weighted by atomic mass is 10.2. The molecule has 2 aromatic carbocycles. The Morgan fingerprint density at radius 1 is 1.31 bits per heavy atom. The lowest BCUT2D eigenvalue weighted by Gasteiger charge is -2.16. The number of nitrogens with one attached hydrogen (secondary N) is 3. The molecule has 3 N–H and O–H groups in total. The van der Waals surface area contributed by atoms with Crippen molar-refractivity contribution in [2.24, 2.45) is 0 Å². The second-order valence-electron chi connectivity index (χ2n) is 6.37. The van der Waals surface area contributed by atoms with Gasteiger partial charge in [0.05, 0.1) is 34.8 Å². The van der Waals surface area contributed by atoms with Crippen molar-refractivity contribution in [3.63, 3.8) is 0 Å². The molecule has 8 heteroatoms. The lowest BCUT2D eigenvalue weighted by Crippen LogP contribution is -3.09. The lowest BCUT2D eigenvalue weighted by molar-refractivity contribution is -0.901. The van der Waals surface area contributed by atoms with E-state index in [1.165, 1.54) is 28.7 Å². The molecule has 1 heterocycles. The Kier molecular flexibility index (Phi) is 6.03. The fourth-order valence-electron chi connectivity index (χ4n) is 3.17. The SMILES string of the molecule is O=[N+]([O-])c1ccc(Cl)c(NC(=S)N[C@@H]2CC[NH+](Cc3ccccc3)C2)c1. The number of rotatable bonds is 5. The third-order valence-corrected chi connectivity index (χ3v) is 4.97. The van der Waals surface area contributed by atoms with Crippen LogP contribution in [0.5, 0.6) is 0 Å². The van der Waals surface area contributed by atoms with E-state index in [0.717, 1.165) is 26.1 Å². The van der Waals surface area contributed by atoms with Gasteiger partial charge >= 0.3 is 0 Å². The quantitative estimate of drug-likeness (QED) is 0.414. The van der Waals surface area contributed by atoms with Crippen LogP contribution in [0.25, 0.3) is 0 Å². The second kappa shape index (κ2) is 8.44. The van der Waals surface area contributed by atoms with E-state index in [2.05, 4.69) is 34.9 Å². The van der Waals surface area contributed by atoms with Crippen LogP contribution in [-0.4, -0.2) is 29.2 Å². The van der Waals surface area contributed by atoms with Gasteiger partial charge in [0.1, 0.15) is 6.54 Å². The fourth-order valence-corrected chi connectivity index (χ4v) is 3.61. The van der Waals surface area contributed by atoms with Gasteiger partial charge < -0.3 is 15.5 Å². The summed E-state index contributed by atoms with van der Waals surface area (Å²) in [5.74, 6) is 0. The number of quaternary nitrogens is 1. The molecule has 1 unspecified atom stereocenters. The molecule has 1 fully saturated rings. The van der Waals surface area contributed by atoms with Crippen molar-refractivity contribution in [1.82, 2.24) is 5.32 Å². The summed E-state index contributed by atoms with van der Waals surface area (Å²) in [7, 11) is 0. The van der Waals surface area contributed by atoms with Gasteiger partial charge in [0.15, 0.2) is 5.11 Å². The molecule has 136 valence electrons. The third kappa shape index (κ3) is 4.91. The van der Waals surface area contributed by atoms with E-state index in [1.54, 1.807) is 0 Å². The Morgan fingerprint density at radius 2 is 2.08 bits per heavy atom. The summed E-state index contributed by atoms with van der Waals surface area (Å²) in [6, 6.07) is 14.9. The normalized spacial score (nSPS) is 19.1. The molecule has 3 rings (SSSR count). The summed E-state index contributed by atoms with van der Waals surface area (Å²) < 4.78 is 0. The molecule has 0 aromatic heterocycles. The Hall–Kier alpha value is -2.22. The first-order valence-corrected chi connectivity index (χ1v) is 9.19. The van der Waals surface area contributed by atoms with E-state index in [0.29, 0.717) is 15.8 Å². The number of thiocarbonyl (C=S) groups is 1. The highest BCUT2D eigenvalue weighted by atomic mass is 35.5. The average Bonchev–Trinajstić information content (AvgIpc) is 3.04. The van der Waals surface area contributed by atoms with Crippen LogP contribution < -0.4 is 15.5 Å². The van der Waals surface area contributed by atoms with E-state index in [-0.39, 0.29) is 11.7 Å². The molecular formula is C18H20ClN4O2S+. The maximum absolute atomic E-state index is 10.9. The minimum absolute atomic E-state index is 0.0287. The van der Waals surface area contributed by atoms with E-state index in [9.17, 15) is 10.1 Å². The zero-order chi connectivity index (χ0) is 18.5. The molecule has 1 aliphatic heterocycles. The molecule has 0 aliphatic carbocycles. The summed E-state index contributed by atoms with van der Waals surface area (Å²) in [4.78, 5) is 11.9. The number of likely N-dealkylation sites (tertiary alicyclic amines) is 1. The van der Waals surface area contributed by atoms with Crippen LogP contribution >= 0.6 is 23.8 Å². The Balaban J connectivity index is 1.53.